The van der Waals surface area contributed by atoms with Gasteiger partial charge in [0.05, 0.1) is 17.9 Å². The van der Waals surface area contributed by atoms with Crippen LogP contribution in [0.25, 0.3) is 0 Å². The molecule has 4 N–H and O–H groups in total. The van der Waals surface area contributed by atoms with Crippen molar-refractivity contribution < 1.29 is 9.47 Å². The monoisotopic (exact) mass is 682 g/mol. The molecule has 4 unspecified atom stereocenters. The molecule has 2 aromatic rings. The fourth-order valence-corrected chi connectivity index (χ4v) is 5.57. The third-order valence-electron chi connectivity index (χ3n) is 5.53. The number of rotatable bonds is 8. The maximum atomic E-state index is 6.06. The molecular formula is C23H30Br4N2O2. The quantitative estimate of drug-likeness (QED) is 0.306. The van der Waals surface area contributed by atoms with Gasteiger partial charge < -0.3 is 20.9 Å². The first-order valence-corrected chi connectivity index (χ1v) is 13.3. The van der Waals surface area contributed by atoms with Crippen molar-refractivity contribution in [1.29, 1.82) is 0 Å². The molecule has 0 aliphatic heterocycles. The molecule has 2 rings (SSSR count). The number of hydrogen-bond donors (Lipinski definition) is 2. The molecule has 0 bridgehead atoms. The van der Waals surface area contributed by atoms with Gasteiger partial charge in [-0.25, -0.2) is 0 Å². The number of halogens is 4. The largest absolute Gasteiger partial charge is 0.487 e. The summed E-state index contributed by atoms with van der Waals surface area (Å²) in [6.07, 6.45) is -0.214. The van der Waals surface area contributed by atoms with Crippen LogP contribution in [0.5, 0.6) is 11.5 Å². The maximum absolute atomic E-state index is 6.06. The third kappa shape index (κ3) is 6.48. The van der Waals surface area contributed by atoms with Gasteiger partial charge in [-0.05, 0) is 127 Å². The van der Waals surface area contributed by atoms with Crippen LogP contribution in [0.2, 0.25) is 0 Å². The molecule has 0 amide bonds. The Morgan fingerprint density at radius 1 is 0.645 bits per heavy atom. The molecule has 0 radical (unpaired) electrons. The van der Waals surface area contributed by atoms with Gasteiger partial charge in [0.1, 0.15) is 23.7 Å². The summed E-state index contributed by atoms with van der Waals surface area (Å²) in [5, 5.41) is 0. The molecule has 0 heterocycles. The minimum Gasteiger partial charge on any atom is -0.487 e. The average Bonchev–Trinajstić information content (AvgIpc) is 2.66. The summed E-state index contributed by atoms with van der Waals surface area (Å²) in [6, 6.07) is 8.23. The van der Waals surface area contributed by atoms with Gasteiger partial charge in [-0.2, -0.15) is 0 Å². The highest BCUT2D eigenvalue weighted by atomic mass is 79.9. The minimum absolute atomic E-state index is 0.0738. The van der Waals surface area contributed by atoms with Crippen LogP contribution < -0.4 is 20.9 Å². The number of ether oxygens (including phenoxy) is 2. The summed E-state index contributed by atoms with van der Waals surface area (Å²) in [7, 11) is 0. The fourth-order valence-electron chi connectivity index (χ4n) is 2.82. The van der Waals surface area contributed by atoms with Gasteiger partial charge in [0.2, 0.25) is 0 Å². The van der Waals surface area contributed by atoms with E-state index in [0.717, 1.165) is 40.5 Å². The Balaban J connectivity index is 2.43. The predicted octanol–water partition coefficient (Wildman–Crippen LogP) is 7.29. The molecule has 0 spiro atoms. The minimum atomic E-state index is -0.285. The summed E-state index contributed by atoms with van der Waals surface area (Å²) < 4.78 is 15.6. The first kappa shape index (κ1) is 27.1. The normalized spacial score (nSPS) is 15.9. The Bertz CT molecular complexity index is 812. The van der Waals surface area contributed by atoms with E-state index in [0.29, 0.717) is 0 Å². The van der Waals surface area contributed by atoms with Gasteiger partial charge >= 0.3 is 0 Å². The van der Waals surface area contributed by atoms with Gasteiger partial charge in [0.15, 0.2) is 0 Å². The fraction of sp³-hybridized carbons (Fsp3) is 0.478. The standard InChI is InChI=1S/C23H30Br4N2O2/c1-11(28)13(3)30-21-17(24)7-15(8-18(21)25)23(5,6)16-9-19(26)22(20(27)10-16)31-14(4)12(2)29/h7-14H,28-29H2,1-6H3. The maximum Gasteiger partial charge on any atom is 0.148 e. The molecule has 0 aromatic heterocycles. The van der Waals surface area contributed by atoms with E-state index in [9.17, 15) is 0 Å². The van der Waals surface area contributed by atoms with Crippen molar-refractivity contribution in [2.75, 3.05) is 0 Å². The lowest BCUT2D eigenvalue weighted by molar-refractivity contribution is 0.194. The highest BCUT2D eigenvalue weighted by Gasteiger charge is 2.28. The molecule has 0 fully saturated rings. The molecule has 4 atom stereocenters. The topological polar surface area (TPSA) is 70.5 Å². The van der Waals surface area contributed by atoms with E-state index in [1.165, 1.54) is 0 Å². The van der Waals surface area contributed by atoms with E-state index < -0.39 is 0 Å². The Hall–Kier alpha value is -0.120. The first-order valence-electron chi connectivity index (χ1n) is 10.1. The van der Waals surface area contributed by atoms with Crippen LogP contribution >= 0.6 is 63.7 Å². The second-order valence-corrected chi connectivity index (χ2v) is 11.9. The SMILES string of the molecule is CC(N)C(C)Oc1c(Br)cc(C(C)(C)c2cc(Br)c(OC(C)C(C)N)c(Br)c2)cc1Br. The summed E-state index contributed by atoms with van der Waals surface area (Å²) in [5.41, 5.74) is 13.9. The zero-order chi connectivity index (χ0) is 23.7. The van der Waals surface area contributed by atoms with Crippen molar-refractivity contribution in [3.63, 3.8) is 0 Å². The lowest BCUT2D eigenvalue weighted by Crippen LogP contribution is -2.34. The van der Waals surface area contributed by atoms with Crippen molar-refractivity contribution in [3.05, 3.63) is 53.3 Å². The summed E-state index contributed by atoms with van der Waals surface area (Å²) >= 11 is 14.7. The molecule has 172 valence electrons. The van der Waals surface area contributed by atoms with Crippen LogP contribution in [0, 0.1) is 0 Å². The highest BCUT2D eigenvalue weighted by molar-refractivity contribution is 9.11. The van der Waals surface area contributed by atoms with Crippen molar-refractivity contribution in [2.24, 2.45) is 11.5 Å². The van der Waals surface area contributed by atoms with E-state index in [1.807, 2.05) is 27.7 Å². The van der Waals surface area contributed by atoms with E-state index >= 15 is 0 Å². The average molecular weight is 686 g/mol. The zero-order valence-corrected chi connectivity index (χ0v) is 24.9. The summed E-state index contributed by atoms with van der Waals surface area (Å²) in [5.74, 6) is 1.50. The van der Waals surface area contributed by atoms with Crippen LogP contribution in [0.4, 0.5) is 0 Å². The zero-order valence-electron chi connectivity index (χ0n) is 18.6. The molecule has 8 heteroatoms. The van der Waals surface area contributed by atoms with Crippen LogP contribution in [-0.2, 0) is 5.41 Å². The van der Waals surface area contributed by atoms with Gasteiger partial charge in [-0.3, -0.25) is 0 Å². The predicted molar refractivity (Wildman–Crippen MR) is 143 cm³/mol. The van der Waals surface area contributed by atoms with E-state index in [-0.39, 0.29) is 29.7 Å². The highest BCUT2D eigenvalue weighted by Crippen LogP contribution is 2.44. The Kier molecular flexibility index (Phi) is 9.51. The molecular weight excluding hydrogens is 656 g/mol. The Morgan fingerprint density at radius 2 is 0.903 bits per heavy atom. The van der Waals surface area contributed by atoms with Gasteiger partial charge in [0.25, 0.3) is 0 Å². The van der Waals surface area contributed by atoms with Crippen LogP contribution in [0.15, 0.2) is 42.2 Å². The van der Waals surface area contributed by atoms with Gasteiger partial charge in [-0.15, -0.1) is 0 Å². The van der Waals surface area contributed by atoms with E-state index in [4.69, 9.17) is 20.9 Å². The van der Waals surface area contributed by atoms with Crippen molar-refractivity contribution in [2.45, 2.75) is 71.2 Å². The number of nitrogens with two attached hydrogens (primary N) is 2. The van der Waals surface area contributed by atoms with Gasteiger partial charge in [-0.1, -0.05) is 13.8 Å². The number of hydrogen-bond acceptors (Lipinski definition) is 4. The molecule has 0 aliphatic rings. The number of benzene rings is 2. The van der Waals surface area contributed by atoms with Crippen LogP contribution in [0.1, 0.15) is 52.7 Å². The Labute approximate surface area is 219 Å². The van der Waals surface area contributed by atoms with E-state index in [1.54, 1.807) is 0 Å². The summed E-state index contributed by atoms with van der Waals surface area (Å²) in [6.45, 7) is 12.2. The van der Waals surface area contributed by atoms with Crippen LogP contribution in [-0.4, -0.2) is 24.3 Å². The summed E-state index contributed by atoms with van der Waals surface area (Å²) in [4.78, 5) is 0. The smallest absolute Gasteiger partial charge is 0.148 e. The second-order valence-electron chi connectivity index (χ2n) is 8.53. The van der Waals surface area contributed by atoms with Crippen molar-refractivity contribution in [3.8, 4) is 11.5 Å². The van der Waals surface area contributed by atoms with Crippen molar-refractivity contribution >= 4 is 63.7 Å². The molecule has 4 nitrogen and oxygen atoms in total. The Morgan fingerprint density at radius 3 is 1.13 bits per heavy atom. The molecule has 0 saturated carbocycles. The lowest BCUT2D eigenvalue weighted by atomic mass is 9.78. The third-order valence-corrected chi connectivity index (χ3v) is 7.88. The first-order chi connectivity index (χ1) is 14.2. The molecule has 0 saturated heterocycles. The van der Waals surface area contributed by atoms with Crippen molar-refractivity contribution in [1.82, 2.24) is 0 Å². The molecule has 0 aliphatic carbocycles. The molecule has 31 heavy (non-hydrogen) atoms. The van der Waals surface area contributed by atoms with E-state index in [2.05, 4.69) is 102 Å². The van der Waals surface area contributed by atoms with Gasteiger partial charge in [0, 0.05) is 17.5 Å². The van der Waals surface area contributed by atoms with Crippen LogP contribution in [0.3, 0.4) is 0 Å². The second kappa shape index (κ2) is 10.9. The molecule has 2 aromatic carbocycles. The lowest BCUT2D eigenvalue weighted by Gasteiger charge is -2.29.